The molecule has 0 saturated carbocycles. The van der Waals surface area contributed by atoms with Crippen molar-refractivity contribution in [2.45, 2.75) is 6.92 Å². The third-order valence-corrected chi connectivity index (χ3v) is 4.69. The second-order valence-electron chi connectivity index (χ2n) is 6.44. The molecule has 0 aliphatic carbocycles. The lowest BCUT2D eigenvalue weighted by Crippen LogP contribution is -2.35. The Morgan fingerprint density at radius 3 is 2.80 bits per heavy atom. The van der Waals surface area contributed by atoms with Gasteiger partial charge in [-0.15, -0.1) is 0 Å². The molecule has 1 atom stereocenters. The van der Waals surface area contributed by atoms with E-state index in [4.69, 9.17) is 11.6 Å². The van der Waals surface area contributed by atoms with Gasteiger partial charge in [0.25, 0.3) is 23.5 Å². The zero-order valence-corrected chi connectivity index (χ0v) is 16.4. The third kappa shape index (κ3) is 3.33. The summed E-state index contributed by atoms with van der Waals surface area (Å²) in [5.41, 5.74) is 0.148. The predicted molar refractivity (Wildman–Crippen MR) is 108 cm³/mol. The highest BCUT2D eigenvalue weighted by Gasteiger charge is 2.35. The van der Waals surface area contributed by atoms with E-state index in [0.29, 0.717) is 11.5 Å². The molecule has 0 bridgehead atoms. The average Bonchev–Trinajstić information content (AvgIpc) is 3.24. The summed E-state index contributed by atoms with van der Waals surface area (Å²) in [6.07, 6.45) is 1.45. The molecule has 1 aromatic heterocycles. The molecule has 2 aromatic rings. The van der Waals surface area contributed by atoms with Crippen LogP contribution in [0.25, 0.3) is 0 Å². The predicted octanol–water partition coefficient (Wildman–Crippen LogP) is 1.70. The number of anilines is 1. The first-order chi connectivity index (χ1) is 14.2. The van der Waals surface area contributed by atoms with Gasteiger partial charge in [0.1, 0.15) is 17.6 Å². The number of non-ortho nitro benzene ring substituents is 1. The largest absolute Gasteiger partial charge is 0.306 e. The van der Waals surface area contributed by atoms with Crippen LogP contribution in [0.3, 0.4) is 0 Å². The molecule has 1 unspecified atom stereocenters. The summed E-state index contributed by atoms with van der Waals surface area (Å²) in [6.45, 7) is 1.68. The molecule has 3 heterocycles. The molecule has 12 nitrogen and oxygen atoms in total. The van der Waals surface area contributed by atoms with Gasteiger partial charge in [0.05, 0.1) is 21.2 Å². The number of fused-ring (bicyclic) bond motifs is 1. The Morgan fingerprint density at radius 2 is 2.07 bits per heavy atom. The lowest BCUT2D eigenvalue weighted by molar-refractivity contribution is -0.384. The molecule has 2 amide bonds. The lowest BCUT2D eigenvalue weighted by Gasteiger charge is -2.17. The van der Waals surface area contributed by atoms with Crippen LogP contribution in [0.4, 0.5) is 11.5 Å². The summed E-state index contributed by atoms with van der Waals surface area (Å²) >= 11 is 6.04. The van der Waals surface area contributed by atoms with Crippen molar-refractivity contribution in [3.63, 3.8) is 0 Å². The quantitative estimate of drug-likeness (QED) is 0.581. The van der Waals surface area contributed by atoms with Gasteiger partial charge in [-0.3, -0.25) is 24.7 Å². The number of nitrogens with one attached hydrogen (secondary N) is 1. The second-order valence-corrected chi connectivity index (χ2v) is 6.85. The molecule has 13 heteroatoms. The van der Waals surface area contributed by atoms with Crippen LogP contribution in [-0.4, -0.2) is 56.6 Å². The fourth-order valence-electron chi connectivity index (χ4n) is 2.93. The molecule has 30 heavy (non-hydrogen) atoms. The van der Waals surface area contributed by atoms with Crippen LogP contribution in [0.2, 0.25) is 5.02 Å². The highest BCUT2D eigenvalue weighted by atomic mass is 35.5. The smallest absolute Gasteiger partial charge is 0.270 e. The van der Waals surface area contributed by atoms with Gasteiger partial charge in [-0.1, -0.05) is 11.6 Å². The van der Waals surface area contributed by atoms with Gasteiger partial charge in [0, 0.05) is 31.5 Å². The number of nitro groups is 1. The Hall–Kier alpha value is -3.93. The van der Waals surface area contributed by atoms with Crippen LogP contribution in [0.15, 0.2) is 39.4 Å². The van der Waals surface area contributed by atoms with Gasteiger partial charge in [-0.2, -0.15) is 24.9 Å². The minimum absolute atomic E-state index is 0.0406. The van der Waals surface area contributed by atoms with Gasteiger partial charge in [0.15, 0.2) is 0 Å². The van der Waals surface area contributed by atoms with Crippen molar-refractivity contribution in [3.8, 4) is 0 Å². The Morgan fingerprint density at radius 1 is 1.30 bits per heavy atom. The molecule has 0 radical (unpaired) electrons. The number of nitrogens with zero attached hydrogens (tertiary/aromatic N) is 7. The summed E-state index contributed by atoms with van der Waals surface area (Å²) in [5.74, 6) is -1.31. The number of aryl methyl sites for hydroxylation is 1. The number of hydrogen-bond donors (Lipinski definition) is 1. The van der Waals surface area contributed by atoms with Crippen molar-refractivity contribution in [2.24, 2.45) is 21.0 Å². The minimum atomic E-state index is -0.695. The van der Waals surface area contributed by atoms with Crippen LogP contribution >= 0.6 is 11.6 Å². The Balaban J connectivity index is 1.68. The molecule has 1 N–H and O–H groups in total. The minimum Gasteiger partial charge on any atom is -0.306 e. The molecule has 0 fully saturated rings. The van der Waals surface area contributed by atoms with Crippen molar-refractivity contribution in [3.05, 3.63) is 50.7 Å². The number of benzene rings is 1. The Kier molecular flexibility index (Phi) is 4.62. The number of carbonyl (C=O) groups excluding carboxylic acids is 2. The molecular formula is C17H13ClN8O4. The first kappa shape index (κ1) is 19.4. The van der Waals surface area contributed by atoms with E-state index in [1.54, 1.807) is 14.0 Å². The second kappa shape index (κ2) is 7.15. The highest BCUT2D eigenvalue weighted by molar-refractivity contribution is 6.34. The number of rotatable bonds is 3. The van der Waals surface area contributed by atoms with Crippen molar-refractivity contribution in [1.29, 1.82) is 0 Å². The summed E-state index contributed by atoms with van der Waals surface area (Å²) in [4.78, 5) is 43.7. The topological polar surface area (TPSA) is 147 Å². The first-order valence-electron chi connectivity index (χ1n) is 8.56. The summed E-state index contributed by atoms with van der Waals surface area (Å²) in [7, 11) is 1.65. The molecule has 1 aromatic carbocycles. The monoisotopic (exact) mass is 428 g/mol. The van der Waals surface area contributed by atoms with Gasteiger partial charge >= 0.3 is 0 Å². The van der Waals surface area contributed by atoms with Gasteiger partial charge in [0.2, 0.25) is 0 Å². The maximum atomic E-state index is 12.7. The van der Waals surface area contributed by atoms with Gasteiger partial charge in [-0.05, 0) is 13.0 Å². The number of aliphatic imine (C=N–C) groups is 2. The van der Waals surface area contributed by atoms with Gasteiger partial charge < -0.3 is 5.32 Å². The fourth-order valence-corrected chi connectivity index (χ4v) is 3.13. The fraction of sp³-hybridized carbons (Fsp3) is 0.176. The molecule has 0 saturated heterocycles. The van der Waals surface area contributed by atoms with E-state index in [0.717, 1.165) is 6.07 Å². The molecule has 2 aliphatic rings. The number of hydrogen-bond acceptors (Lipinski definition) is 8. The number of hydrazone groups is 1. The summed E-state index contributed by atoms with van der Waals surface area (Å²) in [6, 6.07) is 5.07. The van der Waals surface area contributed by atoms with Crippen LogP contribution in [0, 0.1) is 23.0 Å². The van der Waals surface area contributed by atoms with E-state index < -0.39 is 22.7 Å². The Labute approximate surface area is 173 Å². The third-order valence-electron chi connectivity index (χ3n) is 4.36. The number of nitro benzene ring substituents is 1. The summed E-state index contributed by atoms with van der Waals surface area (Å²) in [5, 5.41) is 23.3. The highest BCUT2D eigenvalue weighted by Crippen LogP contribution is 2.24. The van der Waals surface area contributed by atoms with Crippen molar-refractivity contribution < 1.29 is 14.5 Å². The molecule has 4 rings (SSSR count). The number of amides is 2. The SMILES string of the molecule is Cc1cc(NC(=O)c2cc([N+](=O)[O-])ccc2Cl)n(C2=NC(=O)C3C=NN(C)C3=N2)n1. The zero-order chi connectivity index (χ0) is 21.6. The number of carbonyl (C=O) groups is 2. The first-order valence-corrected chi connectivity index (χ1v) is 8.93. The van der Waals surface area contributed by atoms with Crippen LogP contribution in [0.1, 0.15) is 16.1 Å². The molecular weight excluding hydrogens is 416 g/mol. The van der Waals surface area contributed by atoms with Crippen LogP contribution < -0.4 is 5.32 Å². The van der Waals surface area contributed by atoms with Gasteiger partial charge in [-0.25, -0.2) is 0 Å². The number of amidine groups is 1. The van der Waals surface area contributed by atoms with Crippen molar-refractivity contribution >= 4 is 52.9 Å². The normalized spacial score (nSPS) is 17.5. The zero-order valence-electron chi connectivity index (χ0n) is 15.6. The lowest BCUT2D eigenvalue weighted by atomic mass is 10.1. The van der Waals surface area contributed by atoms with Crippen LogP contribution in [0.5, 0.6) is 0 Å². The standard InChI is InChI=1S/C17H13ClN8O4/c1-8-5-13(20-15(27)10-6-9(26(29)30)3-4-12(10)18)25(23-8)17-21-14-11(16(28)22-17)7-19-24(14)2/h3-7,11H,1-2H3,(H,20,27). The van der Waals surface area contributed by atoms with Crippen molar-refractivity contribution in [1.82, 2.24) is 14.8 Å². The van der Waals surface area contributed by atoms with Crippen LogP contribution in [-0.2, 0) is 4.79 Å². The van der Waals surface area contributed by atoms with E-state index in [9.17, 15) is 19.7 Å². The summed E-state index contributed by atoms with van der Waals surface area (Å²) < 4.78 is 1.20. The number of halogens is 1. The maximum absolute atomic E-state index is 12.7. The molecule has 2 aliphatic heterocycles. The average molecular weight is 429 g/mol. The van der Waals surface area contributed by atoms with E-state index >= 15 is 0 Å². The maximum Gasteiger partial charge on any atom is 0.270 e. The molecule has 0 spiro atoms. The molecule has 152 valence electrons. The van der Waals surface area contributed by atoms with E-state index in [1.807, 2.05) is 0 Å². The van der Waals surface area contributed by atoms with Crippen molar-refractivity contribution in [2.75, 3.05) is 12.4 Å². The van der Waals surface area contributed by atoms with E-state index in [1.165, 1.54) is 34.1 Å². The van der Waals surface area contributed by atoms with E-state index in [-0.39, 0.29) is 28.1 Å². The number of aromatic nitrogens is 2. The van der Waals surface area contributed by atoms with E-state index in [2.05, 4.69) is 25.5 Å². The Bertz CT molecular complexity index is 1200.